The zero-order valence-electron chi connectivity index (χ0n) is 24.2. The van der Waals surface area contributed by atoms with Crippen LogP contribution in [0.15, 0.2) is 34.3 Å². The summed E-state index contributed by atoms with van der Waals surface area (Å²) in [5.74, 6) is -2.90. The molecular formula is C26H44N10O6S. The summed E-state index contributed by atoms with van der Waals surface area (Å²) in [6.45, 7) is 0.461. The van der Waals surface area contributed by atoms with Crippen molar-refractivity contribution in [2.75, 3.05) is 25.1 Å². The third-order valence-electron chi connectivity index (χ3n) is 6.12. The van der Waals surface area contributed by atoms with Crippen LogP contribution >= 0.6 is 11.8 Å². The van der Waals surface area contributed by atoms with Crippen LogP contribution in [0.5, 0.6) is 5.75 Å². The predicted octanol–water partition coefficient (Wildman–Crippen LogP) is -2.34. The van der Waals surface area contributed by atoms with E-state index in [9.17, 15) is 29.4 Å². The van der Waals surface area contributed by atoms with Gasteiger partial charge >= 0.3 is 5.97 Å². The van der Waals surface area contributed by atoms with E-state index in [0.717, 1.165) is 0 Å². The van der Waals surface area contributed by atoms with Crippen LogP contribution in [0.3, 0.4) is 0 Å². The molecule has 0 saturated heterocycles. The molecule has 0 saturated carbocycles. The molecule has 0 radical (unpaired) electrons. The highest BCUT2D eigenvalue weighted by Gasteiger charge is 2.30. The molecule has 0 heterocycles. The Bertz CT molecular complexity index is 1110. The molecule has 1 rings (SSSR count). The number of nitrogens with one attached hydrogen (secondary N) is 3. The van der Waals surface area contributed by atoms with Gasteiger partial charge in [0, 0.05) is 19.5 Å². The number of rotatable bonds is 20. The van der Waals surface area contributed by atoms with Gasteiger partial charge in [0.15, 0.2) is 11.9 Å². The third-order valence-corrected chi connectivity index (χ3v) is 6.76. The summed E-state index contributed by atoms with van der Waals surface area (Å²) < 4.78 is 0. The zero-order valence-corrected chi connectivity index (χ0v) is 25.0. The highest BCUT2D eigenvalue weighted by atomic mass is 32.2. The number of phenolic OH excluding ortho intramolecular Hbond substituents is 1. The largest absolute Gasteiger partial charge is 0.508 e. The van der Waals surface area contributed by atoms with E-state index in [1.807, 2.05) is 6.26 Å². The average molecular weight is 625 g/mol. The van der Waals surface area contributed by atoms with E-state index in [-0.39, 0.29) is 56.3 Å². The molecule has 0 bridgehead atoms. The number of benzene rings is 1. The maximum absolute atomic E-state index is 13.4. The molecular weight excluding hydrogens is 580 g/mol. The Labute approximate surface area is 254 Å². The maximum atomic E-state index is 13.4. The molecule has 0 fully saturated rings. The lowest BCUT2D eigenvalue weighted by Crippen LogP contribution is -2.57. The molecule has 240 valence electrons. The predicted molar refractivity (Wildman–Crippen MR) is 166 cm³/mol. The van der Waals surface area contributed by atoms with Gasteiger partial charge in [0.1, 0.15) is 23.9 Å². The Balaban J connectivity index is 3.07. The molecule has 1 aromatic carbocycles. The number of carbonyl (C=O) groups excluding carboxylic acids is 3. The van der Waals surface area contributed by atoms with Crippen LogP contribution in [0.25, 0.3) is 0 Å². The van der Waals surface area contributed by atoms with Gasteiger partial charge in [-0.3, -0.25) is 24.4 Å². The van der Waals surface area contributed by atoms with Crippen LogP contribution in [0.1, 0.15) is 37.7 Å². The van der Waals surface area contributed by atoms with Gasteiger partial charge < -0.3 is 54.8 Å². The maximum Gasteiger partial charge on any atom is 0.326 e. The smallest absolute Gasteiger partial charge is 0.326 e. The lowest BCUT2D eigenvalue weighted by molar-refractivity contribution is -0.142. The van der Waals surface area contributed by atoms with Gasteiger partial charge in [-0.2, -0.15) is 11.8 Å². The van der Waals surface area contributed by atoms with Gasteiger partial charge in [0.2, 0.25) is 17.7 Å². The van der Waals surface area contributed by atoms with Crippen molar-refractivity contribution in [3.8, 4) is 5.75 Å². The molecule has 16 nitrogen and oxygen atoms in total. The van der Waals surface area contributed by atoms with Gasteiger partial charge in [-0.1, -0.05) is 12.1 Å². The van der Waals surface area contributed by atoms with Gasteiger partial charge in [-0.05, 0) is 61.8 Å². The quantitative estimate of drug-likeness (QED) is 0.0415. The van der Waals surface area contributed by atoms with Crippen molar-refractivity contribution in [3.05, 3.63) is 29.8 Å². The SMILES string of the molecule is CSCCC(NC(=O)C(N)CCCN=C(N)N)C(=O)NC(Cc1ccc(O)cc1)C(=O)NC(CCCN=C(N)N)C(=O)O. The Morgan fingerprint density at radius 3 is 1.84 bits per heavy atom. The highest BCUT2D eigenvalue weighted by Crippen LogP contribution is 2.13. The minimum Gasteiger partial charge on any atom is -0.508 e. The molecule has 4 unspecified atom stereocenters. The molecule has 43 heavy (non-hydrogen) atoms. The number of aromatic hydroxyl groups is 1. The summed E-state index contributed by atoms with van der Waals surface area (Å²) in [5, 5.41) is 27.1. The number of phenols is 1. The van der Waals surface area contributed by atoms with Crippen LogP contribution in [-0.4, -0.2) is 95.1 Å². The van der Waals surface area contributed by atoms with Gasteiger partial charge in [0.05, 0.1) is 6.04 Å². The number of hydrogen-bond donors (Lipinski definition) is 10. The molecule has 3 amide bonds. The molecule has 0 aromatic heterocycles. The lowest BCUT2D eigenvalue weighted by atomic mass is 10.0. The first-order valence-electron chi connectivity index (χ1n) is 13.6. The number of carbonyl (C=O) groups is 4. The number of nitrogens with two attached hydrogens (primary N) is 5. The summed E-state index contributed by atoms with van der Waals surface area (Å²) in [4.78, 5) is 59.0. The number of carboxylic acid groups (broad SMARTS) is 1. The van der Waals surface area contributed by atoms with Crippen LogP contribution < -0.4 is 44.6 Å². The number of carboxylic acids is 1. The van der Waals surface area contributed by atoms with Crippen molar-refractivity contribution in [3.63, 3.8) is 0 Å². The Hall–Kier alpha value is -4.25. The van der Waals surface area contributed by atoms with Gasteiger partial charge in [-0.15, -0.1) is 0 Å². The lowest BCUT2D eigenvalue weighted by Gasteiger charge is -2.25. The first-order valence-corrected chi connectivity index (χ1v) is 15.0. The van der Waals surface area contributed by atoms with Crippen LogP contribution in [0.2, 0.25) is 0 Å². The van der Waals surface area contributed by atoms with E-state index in [4.69, 9.17) is 28.7 Å². The third kappa shape index (κ3) is 15.5. The normalized spacial score (nSPS) is 13.4. The van der Waals surface area contributed by atoms with E-state index in [2.05, 4.69) is 25.9 Å². The van der Waals surface area contributed by atoms with E-state index in [0.29, 0.717) is 24.3 Å². The first kappa shape index (κ1) is 36.8. The van der Waals surface area contributed by atoms with Gasteiger partial charge in [-0.25, -0.2) is 4.79 Å². The van der Waals surface area contributed by atoms with Crippen molar-refractivity contribution in [1.82, 2.24) is 16.0 Å². The zero-order chi connectivity index (χ0) is 32.4. The number of aliphatic imine (C=N–C) groups is 2. The standard InChI is InChI=1S/C26H44N10O6S/c1-43-13-10-18(34-21(38)17(27)4-2-11-32-25(28)29)22(39)36-20(14-15-6-8-16(37)9-7-15)23(40)35-19(24(41)42)5-3-12-33-26(30)31/h6-9,17-20,37H,2-5,10-14,27H2,1H3,(H,34,38)(H,35,40)(H,36,39)(H,41,42)(H4,28,29,32)(H4,30,31,33). The Morgan fingerprint density at radius 1 is 0.791 bits per heavy atom. The first-order chi connectivity index (χ1) is 20.3. The molecule has 0 aliphatic heterocycles. The minimum atomic E-state index is -1.27. The monoisotopic (exact) mass is 624 g/mol. The van der Waals surface area contributed by atoms with Crippen molar-refractivity contribution < 1.29 is 29.4 Å². The second-order valence-electron chi connectivity index (χ2n) is 9.68. The van der Waals surface area contributed by atoms with Crippen molar-refractivity contribution in [2.24, 2.45) is 38.7 Å². The average Bonchev–Trinajstić information content (AvgIpc) is 2.94. The fourth-order valence-electron chi connectivity index (χ4n) is 3.82. The molecule has 4 atom stereocenters. The number of thioether (sulfide) groups is 1. The van der Waals surface area contributed by atoms with E-state index < -0.39 is 47.9 Å². The number of amides is 3. The van der Waals surface area contributed by atoms with Crippen LogP contribution in [0, 0.1) is 0 Å². The molecule has 15 N–H and O–H groups in total. The number of aliphatic carboxylic acids is 1. The summed E-state index contributed by atoms with van der Waals surface area (Å²) in [6.07, 6.45) is 3.09. The van der Waals surface area contributed by atoms with Crippen LogP contribution in [-0.2, 0) is 25.6 Å². The van der Waals surface area contributed by atoms with E-state index >= 15 is 0 Å². The Kier molecular flexibility index (Phi) is 16.9. The number of guanidine groups is 2. The fraction of sp³-hybridized carbons (Fsp3) is 0.538. The molecule has 1 aromatic rings. The molecule has 17 heteroatoms. The molecule has 0 spiro atoms. The second kappa shape index (κ2) is 19.8. The Morgan fingerprint density at radius 2 is 1.30 bits per heavy atom. The van der Waals surface area contributed by atoms with Crippen LogP contribution in [0.4, 0.5) is 0 Å². The van der Waals surface area contributed by atoms with Crippen molar-refractivity contribution in [1.29, 1.82) is 0 Å². The fourth-order valence-corrected chi connectivity index (χ4v) is 4.29. The van der Waals surface area contributed by atoms with E-state index in [1.165, 1.54) is 23.9 Å². The number of hydrogen-bond acceptors (Lipinski definition) is 9. The summed E-state index contributed by atoms with van der Waals surface area (Å²) in [5.41, 5.74) is 27.8. The highest BCUT2D eigenvalue weighted by molar-refractivity contribution is 7.98. The second-order valence-corrected chi connectivity index (χ2v) is 10.7. The van der Waals surface area contributed by atoms with Gasteiger partial charge in [0.25, 0.3) is 0 Å². The van der Waals surface area contributed by atoms with Crippen molar-refractivity contribution >= 4 is 47.4 Å². The summed E-state index contributed by atoms with van der Waals surface area (Å²) in [7, 11) is 0. The minimum absolute atomic E-state index is 0.00924. The van der Waals surface area contributed by atoms with E-state index in [1.54, 1.807) is 12.1 Å². The van der Waals surface area contributed by atoms with Crippen molar-refractivity contribution in [2.45, 2.75) is 62.7 Å². The molecule has 0 aliphatic rings. The number of nitrogens with zero attached hydrogens (tertiary/aromatic N) is 2. The summed E-state index contributed by atoms with van der Waals surface area (Å²) in [6, 6.07) is 1.56. The topological polar surface area (TPSA) is 300 Å². The molecule has 0 aliphatic carbocycles. The summed E-state index contributed by atoms with van der Waals surface area (Å²) >= 11 is 1.46.